The van der Waals surface area contributed by atoms with Gasteiger partial charge in [-0.3, -0.25) is 0 Å². The van der Waals surface area contributed by atoms with Crippen molar-refractivity contribution in [2.24, 2.45) is 0 Å². The molecule has 0 aromatic heterocycles. The largest absolute Gasteiger partial charge is 0.394 e. The number of aliphatic hydroxyl groups is 1. The topological polar surface area (TPSA) is 32.3 Å². The first-order valence-electron chi connectivity index (χ1n) is 6.12. The molecule has 2 unspecified atom stereocenters. The summed E-state index contributed by atoms with van der Waals surface area (Å²) in [5.74, 6) is -0.210. The molecule has 1 aromatic rings. The molecule has 2 N–H and O–H groups in total. The van der Waals surface area contributed by atoms with Crippen LogP contribution in [0.3, 0.4) is 0 Å². The van der Waals surface area contributed by atoms with Gasteiger partial charge in [0.25, 0.3) is 0 Å². The van der Waals surface area contributed by atoms with Crippen LogP contribution in [0.15, 0.2) is 24.3 Å². The Morgan fingerprint density at radius 1 is 1.41 bits per heavy atom. The van der Waals surface area contributed by atoms with E-state index in [1.54, 1.807) is 12.1 Å². The van der Waals surface area contributed by atoms with Gasteiger partial charge in [0, 0.05) is 11.6 Å². The van der Waals surface area contributed by atoms with E-state index >= 15 is 0 Å². The maximum Gasteiger partial charge on any atom is 0.126 e. The minimum atomic E-state index is -0.475. The van der Waals surface area contributed by atoms with Crippen LogP contribution in [0, 0.1) is 5.82 Å². The van der Waals surface area contributed by atoms with E-state index in [0.29, 0.717) is 18.0 Å². The van der Waals surface area contributed by atoms with Gasteiger partial charge in [-0.05, 0) is 38.3 Å². The first-order chi connectivity index (χ1) is 8.00. The number of aliphatic hydroxyl groups excluding tert-OH is 1. The molecule has 0 aliphatic rings. The van der Waals surface area contributed by atoms with Gasteiger partial charge >= 0.3 is 0 Å². The summed E-state index contributed by atoms with van der Waals surface area (Å²) in [5, 5.41) is 12.8. The molecule has 0 aliphatic carbocycles. The van der Waals surface area contributed by atoms with Crippen LogP contribution >= 0.6 is 0 Å². The number of hydrogen-bond acceptors (Lipinski definition) is 2. The molecule has 2 atom stereocenters. The average Bonchev–Trinajstić information content (AvgIpc) is 2.32. The Kier molecular flexibility index (Phi) is 5.09. The Bertz CT molecular complexity index is 356. The van der Waals surface area contributed by atoms with Crippen LogP contribution in [0.1, 0.15) is 32.8 Å². The Morgan fingerprint density at radius 2 is 2.06 bits per heavy atom. The van der Waals surface area contributed by atoms with Gasteiger partial charge in [-0.2, -0.15) is 0 Å². The van der Waals surface area contributed by atoms with Crippen LogP contribution in [0.5, 0.6) is 0 Å². The fourth-order valence-corrected chi connectivity index (χ4v) is 1.91. The van der Waals surface area contributed by atoms with Gasteiger partial charge in [-0.25, -0.2) is 4.39 Å². The highest BCUT2D eigenvalue weighted by atomic mass is 19.1. The molecule has 17 heavy (non-hydrogen) atoms. The van der Waals surface area contributed by atoms with Crippen LogP contribution in [-0.4, -0.2) is 23.3 Å². The predicted molar refractivity (Wildman–Crippen MR) is 68.5 cm³/mol. The fourth-order valence-electron chi connectivity index (χ4n) is 1.91. The van der Waals surface area contributed by atoms with E-state index in [0.717, 1.165) is 6.42 Å². The first kappa shape index (κ1) is 14.1. The smallest absolute Gasteiger partial charge is 0.126 e. The molecule has 0 heterocycles. The molecule has 0 amide bonds. The summed E-state index contributed by atoms with van der Waals surface area (Å²) in [4.78, 5) is 0. The van der Waals surface area contributed by atoms with Crippen molar-refractivity contribution in [3.63, 3.8) is 0 Å². The van der Waals surface area contributed by atoms with Gasteiger partial charge < -0.3 is 10.4 Å². The molecule has 0 bridgehead atoms. The number of nitrogens with one attached hydrogen (secondary N) is 1. The van der Waals surface area contributed by atoms with E-state index in [1.165, 1.54) is 6.07 Å². The minimum Gasteiger partial charge on any atom is -0.394 e. The maximum absolute atomic E-state index is 13.6. The number of rotatable bonds is 6. The first-order valence-corrected chi connectivity index (χ1v) is 6.12. The second kappa shape index (κ2) is 6.12. The highest BCUT2D eigenvalue weighted by molar-refractivity contribution is 5.20. The summed E-state index contributed by atoms with van der Waals surface area (Å²) in [7, 11) is 0. The van der Waals surface area contributed by atoms with Crippen LogP contribution in [0.2, 0.25) is 0 Å². The van der Waals surface area contributed by atoms with Gasteiger partial charge in [-0.1, -0.05) is 25.1 Å². The number of benzene rings is 1. The summed E-state index contributed by atoms with van der Waals surface area (Å²) in [6.45, 7) is 6.06. The van der Waals surface area contributed by atoms with Crippen LogP contribution < -0.4 is 5.32 Å². The van der Waals surface area contributed by atoms with E-state index in [4.69, 9.17) is 0 Å². The third kappa shape index (κ3) is 4.10. The monoisotopic (exact) mass is 239 g/mol. The van der Waals surface area contributed by atoms with Gasteiger partial charge in [0.15, 0.2) is 0 Å². The SMILES string of the molecule is CCC(C)NC(C)(CO)Cc1ccccc1F. The predicted octanol–water partition coefficient (Wildman–Crippen LogP) is 2.51. The zero-order valence-corrected chi connectivity index (χ0v) is 10.8. The molecule has 0 saturated heterocycles. The van der Waals surface area contributed by atoms with Gasteiger partial charge in [0.1, 0.15) is 5.82 Å². The van der Waals surface area contributed by atoms with Crippen LogP contribution in [0.25, 0.3) is 0 Å². The van der Waals surface area contributed by atoms with E-state index in [9.17, 15) is 9.50 Å². The molecular formula is C14H22FNO. The number of halogens is 1. The van der Waals surface area contributed by atoms with E-state index in [-0.39, 0.29) is 12.4 Å². The van der Waals surface area contributed by atoms with E-state index in [1.807, 2.05) is 13.0 Å². The molecule has 0 saturated carbocycles. The summed E-state index contributed by atoms with van der Waals surface area (Å²) in [6.07, 6.45) is 1.47. The van der Waals surface area contributed by atoms with E-state index < -0.39 is 5.54 Å². The molecule has 96 valence electrons. The summed E-state index contributed by atoms with van der Waals surface area (Å²) >= 11 is 0. The maximum atomic E-state index is 13.6. The average molecular weight is 239 g/mol. The third-order valence-electron chi connectivity index (χ3n) is 3.09. The molecule has 1 rings (SSSR count). The van der Waals surface area contributed by atoms with Crippen LogP contribution in [0.4, 0.5) is 4.39 Å². The lowest BCUT2D eigenvalue weighted by Gasteiger charge is -2.32. The van der Waals surface area contributed by atoms with Crippen molar-refractivity contribution in [3.8, 4) is 0 Å². The summed E-state index contributed by atoms with van der Waals surface area (Å²) < 4.78 is 13.6. The summed E-state index contributed by atoms with van der Waals surface area (Å²) in [6, 6.07) is 7.02. The second-order valence-corrected chi connectivity index (χ2v) is 4.94. The molecule has 0 spiro atoms. The van der Waals surface area contributed by atoms with Crippen LogP contribution in [-0.2, 0) is 6.42 Å². The normalized spacial score (nSPS) is 16.5. The molecule has 1 aromatic carbocycles. The summed E-state index contributed by atoms with van der Waals surface area (Å²) in [5.41, 5.74) is 0.164. The Balaban J connectivity index is 2.78. The van der Waals surface area contributed by atoms with Crippen molar-refractivity contribution in [2.45, 2.75) is 45.2 Å². The third-order valence-corrected chi connectivity index (χ3v) is 3.09. The van der Waals surface area contributed by atoms with Gasteiger partial charge in [-0.15, -0.1) is 0 Å². The molecule has 3 heteroatoms. The minimum absolute atomic E-state index is 0.00826. The molecule has 2 nitrogen and oxygen atoms in total. The van der Waals surface area contributed by atoms with Crippen molar-refractivity contribution >= 4 is 0 Å². The molecule has 0 aliphatic heterocycles. The Labute approximate surface area is 103 Å². The van der Waals surface area contributed by atoms with Crippen molar-refractivity contribution in [2.75, 3.05) is 6.61 Å². The highest BCUT2D eigenvalue weighted by Gasteiger charge is 2.26. The van der Waals surface area contributed by atoms with Gasteiger partial charge in [0.05, 0.1) is 6.61 Å². The zero-order chi connectivity index (χ0) is 12.9. The Hall–Kier alpha value is -0.930. The second-order valence-electron chi connectivity index (χ2n) is 4.94. The zero-order valence-electron chi connectivity index (χ0n) is 10.8. The van der Waals surface area contributed by atoms with Crippen molar-refractivity contribution < 1.29 is 9.50 Å². The lowest BCUT2D eigenvalue weighted by Crippen LogP contribution is -2.51. The lowest BCUT2D eigenvalue weighted by atomic mass is 9.92. The quantitative estimate of drug-likeness (QED) is 0.799. The van der Waals surface area contributed by atoms with E-state index in [2.05, 4.69) is 19.2 Å². The molecule has 0 fully saturated rings. The lowest BCUT2D eigenvalue weighted by molar-refractivity contribution is 0.161. The van der Waals surface area contributed by atoms with Crippen molar-refractivity contribution in [1.82, 2.24) is 5.32 Å². The number of hydrogen-bond donors (Lipinski definition) is 2. The Morgan fingerprint density at radius 3 is 2.59 bits per heavy atom. The fraction of sp³-hybridized carbons (Fsp3) is 0.571. The van der Waals surface area contributed by atoms with Gasteiger partial charge in [0.2, 0.25) is 0 Å². The standard InChI is InChI=1S/C14H22FNO/c1-4-11(2)16-14(3,10-17)9-12-7-5-6-8-13(12)15/h5-8,11,16-17H,4,9-10H2,1-3H3. The van der Waals surface area contributed by atoms with Crippen molar-refractivity contribution in [1.29, 1.82) is 0 Å². The molecule has 0 radical (unpaired) electrons. The van der Waals surface area contributed by atoms with Crippen molar-refractivity contribution in [3.05, 3.63) is 35.6 Å². The highest BCUT2D eigenvalue weighted by Crippen LogP contribution is 2.17. The molecular weight excluding hydrogens is 217 g/mol.